The topological polar surface area (TPSA) is 0 Å². The minimum absolute atomic E-state index is 0. The predicted molar refractivity (Wildman–Crippen MR) is 267 cm³/mol. The van der Waals surface area contributed by atoms with E-state index in [1.165, 1.54) is 152 Å². The van der Waals surface area contributed by atoms with Crippen LogP contribution in [-0.2, 0) is 40.6 Å². The molecule has 0 radical (unpaired) electrons. The van der Waals surface area contributed by atoms with Gasteiger partial charge >= 0.3 is 41.9 Å². The van der Waals surface area contributed by atoms with Crippen LogP contribution in [0, 0.1) is 41.4 Å². The first-order valence-electron chi connectivity index (χ1n) is 25.7. The molecule has 0 nitrogen and oxygen atoms in total. The Morgan fingerprint density at radius 3 is 1.32 bits per heavy atom. The molecule has 0 amide bonds. The summed E-state index contributed by atoms with van der Waals surface area (Å²) in [4.78, 5) is 0. The second-order valence-electron chi connectivity index (χ2n) is 23.1. The SMILES string of the molecule is CC1CCC(c2cc3c(-c4ccc(C56CC7CC(CC(C7)C5)C6)cc4)cccc3[cH-]2)CC1.CCc1cc2c(-c3ccc(C45CC6CC(CC(C6)C4)C5)cc3)cccc2[cH-]1.C[Si](C)=[Zr+2].[Cl-].[Cl-]. The quantitative estimate of drug-likeness (QED) is 0.115. The second-order valence-corrected chi connectivity index (χ2v) is 32.5. The van der Waals surface area contributed by atoms with Crippen LogP contribution in [0.1, 0.15) is 145 Å². The molecule has 9 aliphatic carbocycles. The second kappa shape index (κ2) is 19.6. The molecule has 9 aliphatic rings. The summed E-state index contributed by atoms with van der Waals surface area (Å²) in [6.07, 6.45) is 24.5. The van der Waals surface area contributed by atoms with Crippen molar-refractivity contribution in [2.45, 2.75) is 153 Å². The first-order valence-corrected chi connectivity index (χ1v) is 31.9. The fourth-order valence-electron chi connectivity index (χ4n) is 16.0. The Bertz CT molecular complexity index is 2510. The third-order valence-electron chi connectivity index (χ3n) is 18.2. The van der Waals surface area contributed by atoms with Crippen LogP contribution in [0.3, 0.4) is 0 Å². The van der Waals surface area contributed by atoms with E-state index in [0.717, 1.165) is 53.8 Å². The summed E-state index contributed by atoms with van der Waals surface area (Å²) in [5.41, 5.74) is 13.1. The Hall–Kier alpha value is -2.22. The van der Waals surface area contributed by atoms with Gasteiger partial charge in [0.05, 0.1) is 0 Å². The maximum atomic E-state index is 2.53. The Kier molecular flexibility index (Phi) is 14.5. The van der Waals surface area contributed by atoms with Crippen molar-refractivity contribution in [2.75, 3.05) is 0 Å². The van der Waals surface area contributed by atoms with Gasteiger partial charge in [0.1, 0.15) is 0 Å². The van der Waals surface area contributed by atoms with E-state index in [-0.39, 0.29) is 30.2 Å². The molecular weight excluding hydrogens is 923 g/mol. The molecule has 0 atom stereocenters. The minimum atomic E-state index is 0. The summed E-state index contributed by atoms with van der Waals surface area (Å²) in [6.45, 7) is 9.28. The molecule has 0 spiro atoms. The summed E-state index contributed by atoms with van der Waals surface area (Å²) >= 11 is 1.74. The van der Waals surface area contributed by atoms with Gasteiger partial charge in [-0.15, -0.1) is 69.1 Å². The smallest absolute Gasteiger partial charge is 1.00 e. The van der Waals surface area contributed by atoms with Crippen molar-refractivity contribution in [2.24, 2.45) is 41.4 Å². The Morgan fingerprint density at radius 2 is 0.923 bits per heavy atom. The van der Waals surface area contributed by atoms with Crippen molar-refractivity contribution < 1.29 is 48.1 Å². The van der Waals surface area contributed by atoms with E-state index < -0.39 is 0 Å². The molecule has 0 aromatic heterocycles. The molecule has 0 heterocycles. The van der Waals surface area contributed by atoms with Gasteiger partial charge in [-0.2, -0.15) is 12.1 Å². The van der Waals surface area contributed by atoms with Gasteiger partial charge in [-0.3, -0.25) is 0 Å². The van der Waals surface area contributed by atoms with Gasteiger partial charge in [0.25, 0.3) is 0 Å². The number of aryl methyl sites for hydroxylation is 1. The Morgan fingerprint density at radius 1 is 0.538 bits per heavy atom. The van der Waals surface area contributed by atoms with Crippen molar-refractivity contribution in [3.63, 3.8) is 0 Å². The zero-order chi connectivity index (χ0) is 42.9. The predicted octanol–water partition coefficient (Wildman–Crippen LogP) is 11.0. The van der Waals surface area contributed by atoms with Crippen LogP contribution < -0.4 is 24.8 Å². The first-order chi connectivity index (χ1) is 30.6. The summed E-state index contributed by atoms with van der Waals surface area (Å²) in [5.74, 6) is 7.77. The maximum Gasteiger partial charge on any atom is -1.00 e. The summed E-state index contributed by atoms with van der Waals surface area (Å²) in [6, 6.07) is 43.1. The van der Waals surface area contributed by atoms with Crippen LogP contribution in [-0.4, -0.2) is 5.43 Å². The molecule has 0 aliphatic heterocycles. The molecule has 65 heavy (non-hydrogen) atoms. The monoisotopic (exact) mass is 992 g/mol. The summed E-state index contributed by atoms with van der Waals surface area (Å²) < 4.78 is 0. The minimum Gasteiger partial charge on any atom is -1.00 e. The van der Waals surface area contributed by atoms with Crippen LogP contribution >= 0.6 is 0 Å². The molecule has 6 aromatic carbocycles. The number of rotatable bonds is 6. The van der Waals surface area contributed by atoms with Crippen LogP contribution in [0.25, 0.3) is 43.8 Å². The standard InChI is InChI=1S/C32H37.C27H29.C2H6Si.2ClH.Zr/c1-21-5-7-25(8-6-21)28-16-27-3-2-4-30(31(27)17-28)26-9-11-29(12-10-26)32-18-22-13-23(19-32)15-24(14-22)20-32;1-2-18-13-23-4-3-5-25(26(23)14-18)22-6-8-24(9-7-22)27-15-19-10-20(16-27)12-21(11-19)17-27;1-3-2;;;/h2-4,9-12,16-17,21-25H,5-8,13-15,18-20H2,1H3;3-9,13-14,19-21H,2,10-12,15-17H2,1H3;1-2H3;2*1H;/q2*-1;;;;+2/p-2. The van der Waals surface area contributed by atoms with Crippen molar-refractivity contribution in [1.82, 2.24) is 0 Å². The number of hydrogen-bond acceptors (Lipinski definition) is 0. The van der Waals surface area contributed by atoms with Gasteiger partial charge in [0.15, 0.2) is 0 Å². The van der Waals surface area contributed by atoms with Crippen molar-refractivity contribution in [1.29, 1.82) is 0 Å². The van der Waals surface area contributed by atoms with Gasteiger partial charge in [0, 0.05) is 0 Å². The molecule has 0 saturated heterocycles. The van der Waals surface area contributed by atoms with E-state index in [1.807, 2.05) is 0 Å². The van der Waals surface area contributed by atoms with Crippen LogP contribution in [0.4, 0.5) is 0 Å². The van der Waals surface area contributed by atoms with Crippen molar-refractivity contribution in [3.05, 3.63) is 131 Å². The van der Waals surface area contributed by atoms with E-state index in [9.17, 15) is 0 Å². The van der Waals surface area contributed by atoms with E-state index in [0.29, 0.717) is 10.8 Å². The molecule has 9 saturated carbocycles. The molecule has 4 heteroatoms. The third kappa shape index (κ3) is 9.58. The number of benzene rings is 4. The number of fused-ring (bicyclic) bond motifs is 2. The largest absolute Gasteiger partial charge is 1.00 e. The number of halogens is 2. The maximum absolute atomic E-state index is 2.53. The fraction of sp³-hybridized carbons (Fsp3) is 0.508. The first kappa shape index (κ1) is 47.8. The molecule has 9 fully saturated rings. The van der Waals surface area contributed by atoms with E-state index in [2.05, 4.69) is 136 Å². The number of hydrogen-bond donors (Lipinski definition) is 0. The van der Waals surface area contributed by atoms with Crippen molar-refractivity contribution >= 4 is 27.0 Å². The summed E-state index contributed by atoms with van der Waals surface area (Å²) in [7, 11) is 0. The third-order valence-corrected chi connectivity index (χ3v) is 18.2. The molecule has 0 unspecified atom stereocenters. The molecule has 0 N–H and O–H groups in total. The zero-order valence-corrected chi connectivity index (χ0v) is 44.8. The summed E-state index contributed by atoms with van der Waals surface area (Å²) in [5, 5.41) is 5.69. The van der Waals surface area contributed by atoms with Gasteiger partial charge in [0.2, 0.25) is 0 Å². The van der Waals surface area contributed by atoms with Crippen LogP contribution in [0.15, 0.2) is 109 Å². The Labute approximate surface area is 419 Å². The van der Waals surface area contributed by atoms with Gasteiger partial charge < -0.3 is 24.8 Å². The molecule has 340 valence electrons. The zero-order valence-electron chi connectivity index (χ0n) is 39.8. The van der Waals surface area contributed by atoms with Gasteiger partial charge in [-0.1, -0.05) is 98.5 Å². The van der Waals surface area contributed by atoms with Crippen LogP contribution in [0.5, 0.6) is 0 Å². The Balaban J connectivity index is 0.000000149. The van der Waals surface area contributed by atoms with Gasteiger partial charge in [-0.05, 0) is 177 Å². The normalized spacial score (nSPS) is 31.4. The fourth-order valence-corrected chi connectivity index (χ4v) is 16.0. The average Bonchev–Trinajstić information content (AvgIpc) is 3.91. The average molecular weight is 995 g/mol. The van der Waals surface area contributed by atoms with Gasteiger partial charge in [-0.25, -0.2) is 0 Å². The molecular formula is C61H72Cl2SiZr-2. The van der Waals surface area contributed by atoms with E-state index >= 15 is 0 Å². The van der Waals surface area contributed by atoms with E-state index in [1.54, 1.807) is 40.0 Å². The molecule has 15 rings (SSSR count). The van der Waals surface area contributed by atoms with Crippen LogP contribution in [0.2, 0.25) is 13.1 Å². The molecule has 8 bridgehead atoms. The van der Waals surface area contributed by atoms with Crippen molar-refractivity contribution in [3.8, 4) is 22.3 Å². The molecule has 6 aromatic rings. The van der Waals surface area contributed by atoms with E-state index in [4.69, 9.17) is 0 Å².